The molecule has 0 aliphatic carbocycles. The predicted octanol–water partition coefficient (Wildman–Crippen LogP) is 5.27. The zero-order valence-corrected chi connectivity index (χ0v) is 17.6. The number of aliphatic imine (C=N–C) groups is 2. The van der Waals surface area contributed by atoms with E-state index in [1.807, 2.05) is 19.9 Å². The number of halogens is 2. The number of carbonyl (C=O) groups excluding carboxylic acids is 1. The SMILES string of the molecule is CCOC(=O)/N=C/c1ccc(C=Nc2c(C)cc(C)cc2C)[n-]1.[Cl][Fe+][Cl]. The Kier molecular flexibility index (Phi) is 10.3. The van der Waals surface area contributed by atoms with Crippen LogP contribution in [0.3, 0.4) is 0 Å². The first-order valence-electron chi connectivity index (χ1n) is 7.72. The van der Waals surface area contributed by atoms with E-state index in [0.717, 1.165) is 22.5 Å². The zero-order valence-electron chi connectivity index (χ0n) is 14.9. The fraction of sp³-hybridized carbons (Fsp3) is 0.278. The van der Waals surface area contributed by atoms with Gasteiger partial charge in [0.2, 0.25) is 0 Å². The van der Waals surface area contributed by atoms with E-state index in [1.165, 1.54) is 11.8 Å². The number of amides is 1. The van der Waals surface area contributed by atoms with Crippen molar-refractivity contribution in [1.29, 1.82) is 0 Å². The Hall–Kier alpha value is -1.59. The Morgan fingerprint density at radius 1 is 1.15 bits per heavy atom. The summed E-state index contributed by atoms with van der Waals surface area (Å²) >= 11 is 0.194. The topological polar surface area (TPSA) is 65.1 Å². The van der Waals surface area contributed by atoms with Gasteiger partial charge < -0.3 is 9.72 Å². The summed E-state index contributed by atoms with van der Waals surface area (Å²) in [6.07, 6.45) is 2.49. The summed E-state index contributed by atoms with van der Waals surface area (Å²) in [5, 5.41) is 0. The van der Waals surface area contributed by atoms with Gasteiger partial charge in [-0.1, -0.05) is 29.8 Å². The number of rotatable bonds is 4. The average molecular weight is 437 g/mol. The molecule has 2 aromatic rings. The molecule has 0 saturated carbocycles. The standard InChI is InChI=1S/C18H21N3O2.2ClH.Fe/c1-5-23-18(22)20-11-16-7-6-15(21-16)10-19-17-13(3)8-12(2)9-14(17)4;;;/h6-11H,5H2,1-4H3,(H,19,20,21,22);2*1H;/q;;;+3/p-3. The molecule has 0 radical (unpaired) electrons. The molecule has 0 saturated heterocycles. The Morgan fingerprint density at radius 2 is 1.69 bits per heavy atom. The summed E-state index contributed by atoms with van der Waals surface area (Å²) in [6, 6.07) is 7.82. The fourth-order valence-electron chi connectivity index (χ4n) is 2.32. The van der Waals surface area contributed by atoms with Crippen LogP contribution in [0.2, 0.25) is 0 Å². The predicted molar refractivity (Wildman–Crippen MR) is 104 cm³/mol. The summed E-state index contributed by atoms with van der Waals surface area (Å²) < 4.78 is 4.72. The van der Waals surface area contributed by atoms with E-state index >= 15 is 0 Å². The molecule has 141 valence electrons. The first kappa shape index (κ1) is 22.5. The average Bonchev–Trinajstić information content (AvgIpc) is 3.01. The maximum absolute atomic E-state index is 11.2. The van der Waals surface area contributed by atoms with Crippen LogP contribution >= 0.6 is 20.2 Å². The number of ether oxygens (including phenoxy) is 1. The molecule has 0 aliphatic heterocycles. The quantitative estimate of drug-likeness (QED) is 0.484. The maximum atomic E-state index is 11.2. The monoisotopic (exact) mass is 436 g/mol. The molecule has 1 aromatic carbocycles. The molecule has 0 aliphatic rings. The Labute approximate surface area is 168 Å². The van der Waals surface area contributed by atoms with Crippen molar-refractivity contribution >= 4 is 44.4 Å². The van der Waals surface area contributed by atoms with Gasteiger partial charge in [0.05, 0.1) is 12.3 Å². The van der Waals surface area contributed by atoms with Crippen molar-refractivity contribution in [3.63, 3.8) is 0 Å². The van der Waals surface area contributed by atoms with Crippen LogP contribution in [0, 0.1) is 20.8 Å². The molecule has 0 unspecified atom stereocenters. The number of benzene rings is 1. The van der Waals surface area contributed by atoms with E-state index in [9.17, 15) is 4.79 Å². The van der Waals surface area contributed by atoms with Crippen molar-refractivity contribution in [3.05, 3.63) is 52.3 Å². The summed E-state index contributed by atoms with van der Waals surface area (Å²) in [4.78, 5) is 23.7. The minimum absolute atomic E-state index is 0.194. The van der Waals surface area contributed by atoms with Crippen molar-refractivity contribution in [3.8, 4) is 0 Å². The van der Waals surface area contributed by atoms with Crippen LogP contribution in [0.15, 0.2) is 34.3 Å². The van der Waals surface area contributed by atoms with Gasteiger partial charge in [0.15, 0.2) is 0 Å². The van der Waals surface area contributed by atoms with Gasteiger partial charge in [0.25, 0.3) is 0 Å². The van der Waals surface area contributed by atoms with Crippen LogP contribution in [-0.4, -0.2) is 25.1 Å². The molecule has 0 N–H and O–H groups in total. The number of hydrogen-bond acceptors (Lipinski definition) is 3. The molecule has 0 fully saturated rings. The van der Waals surface area contributed by atoms with Crippen molar-refractivity contribution in [2.24, 2.45) is 9.98 Å². The van der Waals surface area contributed by atoms with Gasteiger partial charge in [-0.15, -0.1) is 11.4 Å². The van der Waals surface area contributed by atoms with Crippen LogP contribution in [0.25, 0.3) is 0 Å². The van der Waals surface area contributed by atoms with Gasteiger partial charge in [-0.3, -0.25) is 4.99 Å². The zero-order chi connectivity index (χ0) is 19.5. The first-order valence-corrected chi connectivity index (χ1v) is 10.8. The van der Waals surface area contributed by atoms with E-state index in [4.69, 9.17) is 24.9 Å². The van der Waals surface area contributed by atoms with E-state index in [1.54, 1.807) is 19.2 Å². The Morgan fingerprint density at radius 3 is 2.23 bits per heavy atom. The summed E-state index contributed by atoms with van der Waals surface area (Å²) in [6.45, 7) is 8.20. The van der Waals surface area contributed by atoms with Crippen LogP contribution in [0.5, 0.6) is 0 Å². The van der Waals surface area contributed by atoms with Crippen LogP contribution in [0.1, 0.15) is 35.0 Å². The van der Waals surface area contributed by atoms with E-state index in [2.05, 4.69) is 34.0 Å². The molecule has 26 heavy (non-hydrogen) atoms. The summed E-state index contributed by atoms with van der Waals surface area (Å²) in [5.74, 6) is 0. The molecule has 8 heteroatoms. The molecule has 1 aromatic heterocycles. The Bertz CT molecular complexity index is 765. The van der Waals surface area contributed by atoms with Gasteiger partial charge >= 0.3 is 39.4 Å². The molecule has 0 spiro atoms. The first-order chi connectivity index (χ1) is 12.4. The van der Waals surface area contributed by atoms with Crippen LogP contribution < -0.4 is 4.98 Å². The Balaban J connectivity index is 0.00000105. The van der Waals surface area contributed by atoms with Gasteiger partial charge in [0.1, 0.15) is 0 Å². The third-order valence-electron chi connectivity index (χ3n) is 3.21. The minimum atomic E-state index is -0.614. The molecular weight excluding hydrogens is 417 g/mol. The van der Waals surface area contributed by atoms with Gasteiger partial charge in [-0.25, -0.2) is 4.79 Å². The third kappa shape index (κ3) is 7.75. The molecule has 5 nitrogen and oxygen atoms in total. The number of aryl methyl sites for hydroxylation is 3. The molecule has 0 atom stereocenters. The van der Waals surface area contributed by atoms with E-state index in [-0.39, 0.29) is 13.1 Å². The number of hydrogen-bond donors (Lipinski definition) is 0. The van der Waals surface area contributed by atoms with Crippen molar-refractivity contribution < 1.29 is 22.7 Å². The molecule has 2 rings (SSSR count). The van der Waals surface area contributed by atoms with E-state index in [0.29, 0.717) is 12.3 Å². The number of carbonyl (C=O) groups is 1. The van der Waals surface area contributed by atoms with E-state index < -0.39 is 6.09 Å². The normalized spacial score (nSPS) is 10.8. The fourth-order valence-corrected chi connectivity index (χ4v) is 2.32. The second kappa shape index (κ2) is 11.9. The van der Waals surface area contributed by atoms with Crippen molar-refractivity contribution in [2.45, 2.75) is 27.7 Å². The number of aromatic nitrogens is 1. The van der Waals surface area contributed by atoms with Crippen molar-refractivity contribution in [1.82, 2.24) is 4.98 Å². The molecule has 1 heterocycles. The molecular formula is C18H20Cl2FeN3O2. The van der Waals surface area contributed by atoms with Crippen LogP contribution in [0.4, 0.5) is 10.5 Å². The van der Waals surface area contributed by atoms with Gasteiger partial charge in [-0.05, 0) is 38.8 Å². The second-order valence-electron chi connectivity index (χ2n) is 5.31. The summed E-state index contributed by atoms with van der Waals surface area (Å²) in [7, 11) is 9.53. The number of nitrogens with zero attached hydrogens (tertiary/aromatic N) is 3. The third-order valence-corrected chi connectivity index (χ3v) is 3.21. The van der Waals surface area contributed by atoms with Gasteiger partial charge in [-0.2, -0.15) is 4.99 Å². The molecule has 1 amide bonds. The van der Waals surface area contributed by atoms with Gasteiger partial charge in [0, 0.05) is 12.4 Å². The summed E-state index contributed by atoms with van der Waals surface area (Å²) in [5.41, 5.74) is 5.76. The van der Waals surface area contributed by atoms with Crippen molar-refractivity contribution in [2.75, 3.05) is 6.61 Å². The van der Waals surface area contributed by atoms with Crippen LogP contribution in [-0.2, 0) is 17.9 Å². The molecule has 0 bridgehead atoms. The second-order valence-corrected chi connectivity index (χ2v) is 7.13.